The molecular formula is C17H25ClFN. The average Bonchev–Trinajstić information content (AvgIpc) is 2.56. The predicted octanol–water partition coefficient (Wildman–Crippen LogP) is 4.96. The van der Waals surface area contributed by atoms with Gasteiger partial charge in [-0.1, -0.05) is 44.4 Å². The van der Waals surface area contributed by atoms with Gasteiger partial charge in [0, 0.05) is 5.54 Å². The van der Waals surface area contributed by atoms with Gasteiger partial charge in [0.15, 0.2) is 0 Å². The summed E-state index contributed by atoms with van der Waals surface area (Å²) >= 11 is 5.86. The van der Waals surface area contributed by atoms with Crippen LogP contribution in [0.2, 0.25) is 5.02 Å². The maximum Gasteiger partial charge on any atom is 0.141 e. The van der Waals surface area contributed by atoms with E-state index in [1.54, 1.807) is 12.1 Å². The zero-order valence-electron chi connectivity index (χ0n) is 12.5. The highest BCUT2D eigenvalue weighted by Crippen LogP contribution is 2.34. The van der Waals surface area contributed by atoms with E-state index < -0.39 is 0 Å². The molecule has 3 heteroatoms. The molecule has 0 aliphatic heterocycles. The molecule has 20 heavy (non-hydrogen) atoms. The van der Waals surface area contributed by atoms with Crippen LogP contribution in [0.25, 0.3) is 0 Å². The quantitative estimate of drug-likeness (QED) is 0.784. The fraction of sp³-hybridized carbons (Fsp3) is 0.647. The fourth-order valence-corrected chi connectivity index (χ4v) is 3.56. The summed E-state index contributed by atoms with van der Waals surface area (Å²) < 4.78 is 13.2. The second-order valence-corrected chi connectivity index (χ2v) is 7.13. The minimum atomic E-state index is -0.359. The van der Waals surface area contributed by atoms with Gasteiger partial charge < -0.3 is 5.73 Å². The number of hydrogen-bond donors (Lipinski definition) is 1. The Morgan fingerprint density at radius 1 is 1.35 bits per heavy atom. The van der Waals surface area contributed by atoms with Crippen molar-refractivity contribution < 1.29 is 4.39 Å². The minimum Gasteiger partial charge on any atom is -0.325 e. The van der Waals surface area contributed by atoms with Crippen molar-refractivity contribution in [1.82, 2.24) is 0 Å². The van der Waals surface area contributed by atoms with E-state index in [2.05, 4.69) is 13.8 Å². The smallest absolute Gasteiger partial charge is 0.141 e. The SMILES string of the molecule is CC(C)C1CCCC(N)(Cc2ccc(F)c(Cl)c2)CC1. The van der Waals surface area contributed by atoms with Crippen molar-refractivity contribution in [2.24, 2.45) is 17.6 Å². The van der Waals surface area contributed by atoms with E-state index in [0.29, 0.717) is 0 Å². The van der Waals surface area contributed by atoms with E-state index in [1.807, 2.05) is 0 Å². The van der Waals surface area contributed by atoms with E-state index in [0.717, 1.165) is 36.7 Å². The summed E-state index contributed by atoms with van der Waals surface area (Å²) in [5.74, 6) is 1.16. The van der Waals surface area contributed by atoms with Gasteiger partial charge in [0.1, 0.15) is 5.82 Å². The largest absolute Gasteiger partial charge is 0.325 e. The lowest BCUT2D eigenvalue weighted by molar-refractivity contribution is 0.321. The summed E-state index contributed by atoms with van der Waals surface area (Å²) in [5, 5.41) is 0.194. The number of halogens is 2. The van der Waals surface area contributed by atoms with Gasteiger partial charge in [0.05, 0.1) is 5.02 Å². The molecule has 1 nitrogen and oxygen atoms in total. The van der Waals surface area contributed by atoms with Crippen LogP contribution in [0.15, 0.2) is 18.2 Å². The molecule has 0 saturated heterocycles. The first-order chi connectivity index (χ1) is 9.39. The Balaban J connectivity index is 2.05. The average molecular weight is 298 g/mol. The summed E-state index contributed by atoms with van der Waals surface area (Å²) in [6, 6.07) is 4.96. The van der Waals surface area contributed by atoms with Crippen LogP contribution in [0.1, 0.15) is 51.5 Å². The Morgan fingerprint density at radius 3 is 2.75 bits per heavy atom. The lowest BCUT2D eigenvalue weighted by Crippen LogP contribution is -2.41. The second kappa shape index (κ2) is 6.44. The third kappa shape index (κ3) is 3.95. The van der Waals surface area contributed by atoms with E-state index in [4.69, 9.17) is 17.3 Å². The number of rotatable bonds is 3. The molecule has 2 unspecified atom stereocenters. The number of benzene rings is 1. The highest BCUT2D eigenvalue weighted by Gasteiger charge is 2.30. The number of hydrogen-bond acceptors (Lipinski definition) is 1. The maximum absolute atomic E-state index is 13.2. The lowest BCUT2D eigenvalue weighted by Gasteiger charge is -2.29. The topological polar surface area (TPSA) is 26.0 Å². The Labute approximate surface area is 126 Å². The molecule has 0 amide bonds. The molecule has 1 aliphatic carbocycles. The van der Waals surface area contributed by atoms with Gasteiger partial charge >= 0.3 is 0 Å². The molecule has 2 rings (SSSR count). The summed E-state index contributed by atoms with van der Waals surface area (Å²) in [6.45, 7) is 4.60. The first-order valence-corrected chi connectivity index (χ1v) is 8.00. The summed E-state index contributed by atoms with van der Waals surface area (Å²) in [7, 11) is 0. The number of nitrogens with two attached hydrogens (primary N) is 1. The summed E-state index contributed by atoms with van der Waals surface area (Å²) in [5.41, 5.74) is 7.49. The molecule has 0 bridgehead atoms. The molecule has 0 radical (unpaired) electrons. The van der Waals surface area contributed by atoms with Gasteiger partial charge in [-0.3, -0.25) is 0 Å². The van der Waals surface area contributed by atoms with Crippen LogP contribution in [0, 0.1) is 17.7 Å². The maximum atomic E-state index is 13.2. The van der Waals surface area contributed by atoms with Crippen LogP contribution < -0.4 is 5.73 Å². The third-order valence-electron chi connectivity index (χ3n) is 4.75. The van der Waals surface area contributed by atoms with Crippen molar-refractivity contribution in [3.8, 4) is 0 Å². The van der Waals surface area contributed by atoms with Crippen molar-refractivity contribution in [2.75, 3.05) is 0 Å². The van der Waals surface area contributed by atoms with Crippen molar-refractivity contribution in [2.45, 2.75) is 57.9 Å². The molecule has 1 fully saturated rings. The standard InChI is InChI=1S/C17H25ClFN/c1-12(2)14-4-3-8-17(20,9-7-14)11-13-5-6-16(19)15(18)10-13/h5-6,10,12,14H,3-4,7-9,11,20H2,1-2H3. The zero-order chi connectivity index (χ0) is 14.8. The lowest BCUT2D eigenvalue weighted by atomic mass is 9.83. The third-order valence-corrected chi connectivity index (χ3v) is 5.04. The molecular weight excluding hydrogens is 273 g/mol. The van der Waals surface area contributed by atoms with E-state index >= 15 is 0 Å². The van der Waals surface area contributed by atoms with Crippen molar-refractivity contribution >= 4 is 11.6 Å². The predicted molar refractivity (Wildman–Crippen MR) is 83.4 cm³/mol. The Kier molecular flexibility index (Phi) is 5.09. The molecule has 1 saturated carbocycles. The van der Waals surface area contributed by atoms with Crippen molar-refractivity contribution in [3.05, 3.63) is 34.6 Å². The Bertz CT molecular complexity index is 460. The highest BCUT2D eigenvalue weighted by molar-refractivity contribution is 6.30. The molecule has 0 spiro atoms. The summed E-state index contributed by atoms with van der Waals surface area (Å²) in [6.07, 6.45) is 6.55. The van der Waals surface area contributed by atoms with E-state index in [1.165, 1.54) is 25.3 Å². The molecule has 2 atom stereocenters. The monoisotopic (exact) mass is 297 g/mol. The Morgan fingerprint density at radius 2 is 2.10 bits per heavy atom. The Hall–Kier alpha value is -0.600. The molecule has 2 N–H and O–H groups in total. The van der Waals surface area contributed by atoms with Gasteiger partial charge in [-0.25, -0.2) is 4.39 Å². The van der Waals surface area contributed by atoms with Crippen LogP contribution in [-0.4, -0.2) is 5.54 Å². The van der Waals surface area contributed by atoms with Crippen LogP contribution >= 0.6 is 11.6 Å². The normalized spacial score (nSPS) is 27.6. The van der Waals surface area contributed by atoms with E-state index in [9.17, 15) is 4.39 Å². The molecule has 0 heterocycles. The molecule has 1 aromatic carbocycles. The molecule has 112 valence electrons. The van der Waals surface area contributed by atoms with Gasteiger partial charge in [-0.05, 0) is 55.2 Å². The molecule has 0 aromatic heterocycles. The van der Waals surface area contributed by atoms with Gasteiger partial charge in [-0.15, -0.1) is 0 Å². The van der Waals surface area contributed by atoms with Crippen LogP contribution in [0.3, 0.4) is 0 Å². The highest BCUT2D eigenvalue weighted by atomic mass is 35.5. The molecule has 1 aromatic rings. The first kappa shape index (κ1) is 15.8. The van der Waals surface area contributed by atoms with Crippen LogP contribution in [0.4, 0.5) is 4.39 Å². The van der Waals surface area contributed by atoms with Crippen LogP contribution in [0.5, 0.6) is 0 Å². The fourth-order valence-electron chi connectivity index (χ4n) is 3.36. The second-order valence-electron chi connectivity index (χ2n) is 6.72. The minimum absolute atomic E-state index is 0.162. The van der Waals surface area contributed by atoms with Crippen molar-refractivity contribution in [3.63, 3.8) is 0 Å². The van der Waals surface area contributed by atoms with Crippen LogP contribution in [-0.2, 0) is 6.42 Å². The first-order valence-electron chi connectivity index (χ1n) is 7.62. The van der Waals surface area contributed by atoms with Gasteiger partial charge in [-0.2, -0.15) is 0 Å². The van der Waals surface area contributed by atoms with E-state index in [-0.39, 0.29) is 16.4 Å². The van der Waals surface area contributed by atoms with Gasteiger partial charge in [0.2, 0.25) is 0 Å². The molecule has 1 aliphatic rings. The zero-order valence-corrected chi connectivity index (χ0v) is 13.2. The summed E-state index contributed by atoms with van der Waals surface area (Å²) in [4.78, 5) is 0. The van der Waals surface area contributed by atoms with Crippen molar-refractivity contribution in [1.29, 1.82) is 0 Å². The van der Waals surface area contributed by atoms with Gasteiger partial charge in [0.25, 0.3) is 0 Å².